The third-order valence-corrected chi connectivity index (χ3v) is 3.18. The van der Waals surface area contributed by atoms with Gasteiger partial charge < -0.3 is 4.90 Å². The zero-order chi connectivity index (χ0) is 14.6. The quantitative estimate of drug-likeness (QED) is 0.628. The SMILES string of the molecule is CC(C#N)CN(C)C(=O)c1ccc(Br)c([N+](=O)[O-])c1. The van der Waals surface area contributed by atoms with Crippen molar-refractivity contribution in [1.82, 2.24) is 4.90 Å². The van der Waals surface area contributed by atoms with Crippen LogP contribution in [0.2, 0.25) is 0 Å². The average molecular weight is 326 g/mol. The van der Waals surface area contributed by atoms with Crippen LogP contribution in [-0.2, 0) is 0 Å². The lowest BCUT2D eigenvalue weighted by Gasteiger charge is -2.18. The molecular weight excluding hydrogens is 314 g/mol. The Bertz CT molecular complexity index is 554. The van der Waals surface area contributed by atoms with Gasteiger partial charge in [0.05, 0.1) is 21.4 Å². The standard InChI is InChI=1S/C12H12BrN3O3/c1-8(6-14)7-15(2)12(17)9-3-4-10(13)11(5-9)16(18)19/h3-5,8H,7H2,1-2H3. The number of nitrogens with zero attached hydrogens (tertiary/aromatic N) is 3. The van der Waals surface area contributed by atoms with Crippen molar-refractivity contribution in [3.8, 4) is 6.07 Å². The van der Waals surface area contributed by atoms with Gasteiger partial charge in [0, 0.05) is 25.2 Å². The molecule has 1 rings (SSSR count). The van der Waals surface area contributed by atoms with Crippen molar-refractivity contribution in [2.75, 3.05) is 13.6 Å². The zero-order valence-electron chi connectivity index (χ0n) is 10.5. The maximum Gasteiger partial charge on any atom is 0.284 e. The Labute approximate surface area is 118 Å². The molecule has 0 radical (unpaired) electrons. The molecule has 0 aliphatic carbocycles. The van der Waals surface area contributed by atoms with Crippen LogP contribution < -0.4 is 0 Å². The van der Waals surface area contributed by atoms with Gasteiger partial charge in [-0.3, -0.25) is 14.9 Å². The van der Waals surface area contributed by atoms with Crippen LogP contribution in [0.5, 0.6) is 0 Å². The molecular formula is C12H12BrN3O3. The van der Waals surface area contributed by atoms with E-state index in [1.54, 1.807) is 14.0 Å². The number of hydrogen-bond acceptors (Lipinski definition) is 4. The minimum atomic E-state index is -0.557. The van der Waals surface area contributed by atoms with E-state index in [0.717, 1.165) is 0 Å². The zero-order valence-corrected chi connectivity index (χ0v) is 12.0. The van der Waals surface area contributed by atoms with Gasteiger partial charge in [-0.2, -0.15) is 5.26 Å². The van der Waals surface area contributed by atoms with Crippen LogP contribution in [0.25, 0.3) is 0 Å². The third-order valence-electron chi connectivity index (χ3n) is 2.50. The molecule has 0 heterocycles. The number of carbonyl (C=O) groups excluding carboxylic acids is 1. The Balaban J connectivity index is 2.98. The van der Waals surface area contributed by atoms with Crippen LogP contribution >= 0.6 is 15.9 Å². The molecule has 0 bridgehead atoms. The maximum absolute atomic E-state index is 12.1. The molecule has 0 aliphatic heterocycles. The summed E-state index contributed by atoms with van der Waals surface area (Å²) in [7, 11) is 1.56. The first-order chi connectivity index (χ1) is 8.86. The molecule has 0 saturated heterocycles. The number of halogens is 1. The summed E-state index contributed by atoms with van der Waals surface area (Å²) in [6, 6.07) is 6.23. The van der Waals surface area contributed by atoms with Crippen LogP contribution in [0.15, 0.2) is 22.7 Å². The Morgan fingerprint density at radius 3 is 2.79 bits per heavy atom. The third kappa shape index (κ3) is 3.76. The number of carbonyl (C=O) groups is 1. The van der Waals surface area contributed by atoms with Gasteiger partial charge in [-0.1, -0.05) is 0 Å². The van der Waals surface area contributed by atoms with Crippen molar-refractivity contribution in [3.05, 3.63) is 38.3 Å². The van der Waals surface area contributed by atoms with E-state index < -0.39 is 4.92 Å². The molecule has 0 fully saturated rings. The molecule has 6 nitrogen and oxygen atoms in total. The summed E-state index contributed by atoms with van der Waals surface area (Å²) in [6.07, 6.45) is 0. The fraction of sp³-hybridized carbons (Fsp3) is 0.333. The number of amides is 1. The second-order valence-corrected chi connectivity index (χ2v) is 4.99. The van der Waals surface area contributed by atoms with Crippen molar-refractivity contribution in [1.29, 1.82) is 5.26 Å². The monoisotopic (exact) mass is 325 g/mol. The summed E-state index contributed by atoms with van der Waals surface area (Å²) in [6.45, 7) is 1.98. The normalized spacial score (nSPS) is 11.5. The maximum atomic E-state index is 12.1. The summed E-state index contributed by atoms with van der Waals surface area (Å²) in [5.41, 5.74) is 0.0649. The Kier molecular flexibility index (Phi) is 5.01. The van der Waals surface area contributed by atoms with Crippen LogP contribution in [0, 0.1) is 27.4 Å². The van der Waals surface area contributed by atoms with Gasteiger partial charge in [0.25, 0.3) is 11.6 Å². The highest BCUT2D eigenvalue weighted by Gasteiger charge is 2.19. The first-order valence-corrected chi connectivity index (χ1v) is 6.25. The lowest BCUT2D eigenvalue weighted by atomic mass is 10.1. The van der Waals surface area contributed by atoms with Gasteiger partial charge in [-0.15, -0.1) is 0 Å². The molecule has 0 N–H and O–H groups in total. The number of benzene rings is 1. The number of rotatable bonds is 4. The molecule has 0 spiro atoms. The lowest BCUT2D eigenvalue weighted by molar-refractivity contribution is -0.385. The predicted octanol–water partition coefficient (Wildman–Crippen LogP) is 2.59. The summed E-state index contributed by atoms with van der Waals surface area (Å²) in [4.78, 5) is 23.7. The van der Waals surface area contributed by atoms with E-state index in [0.29, 0.717) is 4.47 Å². The summed E-state index contributed by atoms with van der Waals surface area (Å²) < 4.78 is 0.321. The van der Waals surface area contributed by atoms with E-state index in [1.807, 2.05) is 6.07 Å². The fourth-order valence-electron chi connectivity index (χ4n) is 1.54. The van der Waals surface area contributed by atoms with E-state index in [2.05, 4.69) is 15.9 Å². The Morgan fingerprint density at radius 1 is 1.63 bits per heavy atom. The molecule has 1 atom stereocenters. The van der Waals surface area contributed by atoms with E-state index in [9.17, 15) is 14.9 Å². The second-order valence-electron chi connectivity index (χ2n) is 4.14. The van der Waals surface area contributed by atoms with Crippen molar-refractivity contribution in [2.45, 2.75) is 6.92 Å². The van der Waals surface area contributed by atoms with Crippen LogP contribution in [0.1, 0.15) is 17.3 Å². The topological polar surface area (TPSA) is 87.2 Å². The van der Waals surface area contributed by atoms with E-state index >= 15 is 0 Å². The number of nitriles is 1. The van der Waals surface area contributed by atoms with Crippen LogP contribution in [0.3, 0.4) is 0 Å². The van der Waals surface area contributed by atoms with Crippen molar-refractivity contribution in [2.24, 2.45) is 5.92 Å². The summed E-state index contributed by atoms with van der Waals surface area (Å²) in [5.74, 6) is -0.642. The molecule has 0 aliphatic rings. The molecule has 0 saturated carbocycles. The Hall–Kier alpha value is -1.94. The summed E-state index contributed by atoms with van der Waals surface area (Å²) in [5, 5.41) is 19.5. The fourth-order valence-corrected chi connectivity index (χ4v) is 1.93. The highest BCUT2D eigenvalue weighted by Crippen LogP contribution is 2.26. The molecule has 1 amide bonds. The van der Waals surface area contributed by atoms with Crippen molar-refractivity contribution < 1.29 is 9.72 Å². The highest BCUT2D eigenvalue weighted by molar-refractivity contribution is 9.10. The van der Waals surface area contributed by atoms with Crippen molar-refractivity contribution in [3.63, 3.8) is 0 Å². The van der Waals surface area contributed by atoms with Crippen LogP contribution in [0.4, 0.5) is 5.69 Å². The van der Waals surface area contributed by atoms with Gasteiger partial charge in [-0.05, 0) is 35.0 Å². The molecule has 1 unspecified atom stereocenters. The van der Waals surface area contributed by atoms with E-state index in [1.165, 1.54) is 23.1 Å². The molecule has 100 valence electrons. The molecule has 19 heavy (non-hydrogen) atoms. The van der Waals surface area contributed by atoms with E-state index in [4.69, 9.17) is 5.26 Å². The number of hydrogen-bond donors (Lipinski definition) is 0. The summed E-state index contributed by atoms with van der Waals surface area (Å²) >= 11 is 3.06. The minimum Gasteiger partial charge on any atom is -0.340 e. The van der Waals surface area contributed by atoms with E-state index in [-0.39, 0.29) is 29.6 Å². The van der Waals surface area contributed by atoms with Crippen LogP contribution in [-0.4, -0.2) is 29.3 Å². The molecule has 1 aromatic carbocycles. The van der Waals surface area contributed by atoms with Gasteiger partial charge in [0.15, 0.2) is 0 Å². The number of nitro benzene ring substituents is 1. The smallest absolute Gasteiger partial charge is 0.284 e. The average Bonchev–Trinajstić information content (AvgIpc) is 2.37. The van der Waals surface area contributed by atoms with Gasteiger partial charge in [0.1, 0.15) is 0 Å². The lowest BCUT2D eigenvalue weighted by Crippen LogP contribution is -2.30. The highest BCUT2D eigenvalue weighted by atomic mass is 79.9. The largest absolute Gasteiger partial charge is 0.340 e. The number of nitro groups is 1. The van der Waals surface area contributed by atoms with Gasteiger partial charge in [0.2, 0.25) is 0 Å². The molecule has 7 heteroatoms. The van der Waals surface area contributed by atoms with Crippen molar-refractivity contribution >= 4 is 27.5 Å². The Morgan fingerprint density at radius 2 is 2.26 bits per heavy atom. The minimum absolute atomic E-state index is 0.160. The first-order valence-electron chi connectivity index (χ1n) is 5.45. The molecule has 0 aromatic heterocycles. The predicted molar refractivity (Wildman–Crippen MR) is 72.5 cm³/mol. The first kappa shape index (κ1) is 15.1. The second kappa shape index (κ2) is 6.29. The van der Waals surface area contributed by atoms with Gasteiger partial charge >= 0.3 is 0 Å². The van der Waals surface area contributed by atoms with Gasteiger partial charge in [-0.25, -0.2) is 0 Å². The molecule has 1 aromatic rings.